The van der Waals surface area contributed by atoms with E-state index in [-0.39, 0.29) is 11.8 Å². The Morgan fingerprint density at radius 3 is 2.08 bits per heavy atom. The molecular weight excluding hydrogens is 314 g/mol. The Labute approximate surface area is 148 Å². The smallest absolute Gasteiger partial charge is 0.255 e. The van der Waals surface area contributed by atoms with Crippen molar-refractivity contribution < 1.29 is 9.59 Å². The molecule has 0 saturated carbocycles. The third kappa shape index (κ3) is 6.77. The number of nitrogens with two attached hydrogens (primary N) is 1. The van der Waals surface area contributed by atoms with Gasteiger partial charge in [0.1, 0.15) is 0 Å². The molecule has 0 aliphatic rings. The molecule has 0 heterocycles. The van der Waals surface area contributed by atoms with Crippen LogP contribution in [0.2, 0.25) is 0 Å². The number of unbranched alkanes of at least 4 members (excludes halogenated alkanes) is 3. The molecule has 0 saturated heterocycles. The van der Waals surface area contributed by atoms with E-state index in [9.17, 15) is 9.59 Å². The van der Waals surface area contributed by atoms with Crippen LogP contribution in [-0.4, -0.2) is 18.4 Å². The van der Waals surface area contributed by atoms with Crippen LogP contribution >= 0.6 is 0 Å². The van der Waals surface area contributed by atoms with Crippen molar-refractivity contribution in [2.75, 3.05) is 17.2 Å². The number of hydrogen-bond acceptors (Lipinski definition) is 3. The molecule has 0 radical (unpaired) electrons. The maximum absolute atomic E-state index is 12.2. The van der Waals surface area contributed by atoms with Gasteiger partial charge in [0.25, 0.3) is 5.91 Å². The average Bonchev–Trinajstić information content (AvgIpc) is 2.63. The molecule has 0 aliphatic heterocycles. The SMILES string of the molecule is NCCCCCCC(=O)Nc1ccc(C(=O)Nc2ccccc2)cc1. The van der Waals surface area contributed by atoms with Gasteiger partial charge in [0, 0.05) is 23.4 Å². The van der Waals surface area contributed by atoms with Gasteiger partial charge >= 0.3 is 0 Å². The fourth-order valence-corrected chi connectivity index (χ4v) is 2.44. The Balaban J connectivity index is 1.79. The summed E-state index contributed by atoms with van der Waals surface area (Å²) in [6.07, 6.45) is 4.45. The maximum atomic E-state index is 12.2. The number of carbonyl (C=O) groups is 2. The molecule has 2 aromatic carbocycles. The highest BCUT2D eigenvalue weighted by Gasteiger charge is 2.07. The highest BCUT2D eigenvalue weighted by Crippen LogP contribution is 2.13. The molecule has 0 spiro atoms. The van der Waals surface area contributed by atoms with Gasteiger partial charge in [-0.15, -0.1) is 0 Å². The molecule has 2 aromatic rings. The first-order chi connectivity index (χ1) is 12.2. The molecule has 132 valence electrons. The van der Waals surface area contributed by atoms with E-state index in [2.05, 4.69) is 10.6 Å². The van der Waals surface area contributed by atoms with Crippen LogP contribution < -0.4 is 16.4 Å². The molecule has 0 unspecified atom stereocenters. The summed E-state index contributed by atoms with van der Waals surface area (Å²) in [5, 5.41) is 5.68. The summed E-state index contributed by atoms with van der Waals surface area (Å²) in [5.74, 6) is -0.182. The molecule has 0 fully saturated rings. The lowest BCUT2D eigenvalue weighted by atomic mass is 10.1. The molecule has 2 rings (SSSR count). The summed E-state index contributed by atoms with van der Waals surface area (Å²) in [6, 6.07) is 16.2. The number of anilines is 2. The van der Waals surface area contributed by atoms with Gasteiger partial charge in [-0.3, -0.25) is 9.59 Å². The molecule has 25 heavy (non-hydrogen) atoms. The van der Waals surface area contributed by atoms with Crippen molar-refractivity contribution in [3.8, 4) is 0 Å². The Bertz CT molecular complexity index is 669. The molecule has 0 atom stereocenters. The predicted octanol–water partition coefficient (Wildman–Crippen LogP) is 3.79. The first kappa shape index (κ1) is 18.7. The van der Waals surface area contributed by atoms with Crippen LogP contribution in [0.1, 0.15) is 42.5 Å². The number of para-hydroxylation sites is 1. The summed E-state index contributed by atoms with van der Waals surface area (Å²) in [6.45, 7) is 0.705. The second kappa shape index (κ2) is 10.3. The normalized spacial score (nSPS) is 10.3. The minimum absolute atomic E-state index is 0.00534. The van der Waals surface area contributed by atoms with Crippen molar-refractivity contribution >= 4 is 23.2 Å². The van der Waals surface area contributed by atoms with Gasteiger partial charge in [-0.1, -0.05) is 31.0 Å². The van der Waals surface area contributed by atoms with Gasteiger partial charge in [-0.05, 0) is 55.8 Å². The second-order valence-electron chi connectivity index (χ2n) is 5.90. The van der Waals surface area contributed by atoms with E-state index in [1.54, 1.807) is 24.3 Å². The molecule has 0 aromatic heterocycles. The molecule has 5 heteroatoms. The zero-order chi connectivity index (χ0) is 17.9. The van der Waals surface area contributed by atoms with E-state index in [1.165, 1.54) is 0 Å². The molecular formula is C20H25N3O2. The molecule has 4 N–H and O–H groups in total. The first-order valence-corrected chi connectivity index (χ1v) is 8.65. The number of carbonyl (C=O) groups excluding carboxylic acids is 2. The van der Waals surface area contributed by atoms with Crippen molar-refractivity contribution in [2.45, 2.75) is 32.1 Å². The predicted molar refractivity (Wildman–Crippen MR) is 102 cm³/mol. The van der Waals surface area contributed by atoms with Crippen LogP contribution in [0.4, 0.5) is 11.4 Å². The average molecular weight is 339 g/mol. The number of nitrogens with one attached hydrogen (secondary N) is 2. The number of rotatable bonds is 9. The van der Waals surface area contributed by atoms with E-state index in [0.29, 0.717) is 24.2 Å². The summed E-state index contributed by atoms with van der Waals surface area (Å²) < 4.78 is 0. The lowest BCUT2D eigenvalue weighted by Crippen LogP contribution is -2.13. The molecule has 5 nitrogen and oxygen atoms in total. The fourth-order valence-electron chi connectivity index (χ4n) is 2.44. The number of hydrogen-bond donors (Lipinski definition) is 3. The van der Waals surface area contributed by atoms with Crippen molar-refractivity contribution in [3.05, 3.63) is 60.2 Å². The van der Waals surface area contributed by atoms with Crippen LogP contribution in [0.15, 0.2) is 54.6 Å². The standard InChI is InChI=1S/C20H25N3O2/c21-15-7-2-1-6-10-19(24)22-18-13-11-16(12-14-18)20(25)23-17-8-4-3-5-9-17/h3-5,8-9,11-14H,1-2,6-7,10,15,21H2,(H,22,24)(H,23,25). The van der Waals surface area contributed by atoms with Crippen LogP contribution in [-0.2, 0) is 4.79 Å². The van der Waals surface area contributed by atoms with Gasteiger partial charge in [-0.25, -0.2) is 0 Å². The van der Waals surface area contributed by atoms with Gasteiger partial charge < -0.3 is 16.4 Å². The minimum Gasteiger partial charge on any atom is -0.330 e. The number of benzene rings is 2. The molecule has 2 amide bonds. The summed E-state index contributed by atoms with van der Waals surface area (Å²) in [5.41, 5.74) is 7.43. The van der Waals surface area contributed by atoms with Crippen LogP contribution in [0, 0.1) is 0 Å². The summed E-state index contributed by atoms with van der Waals surface area (Å²) in [4.78, 5) is 24.1. The Morgan fingerprint density at radius 2 is 1.40 bits per heavy atom. The van der Waals surface area contributed by atoms with Gasteiger partial charge in [0.05, 0.1) is 0 Å². The zero-order valence-corrected chi connectivity index (χ0v) is 14.3. The van der Waals surface area contributed by atoms with Gasteiger partial charge in [0.15, 0.2) is 0 Å². The van der Waals surface area contributed by atoms with Crippen LogP contribution in [0.25, 0.3) is 0 Å². The Morgan fingerprint density at radius 1 is 0.760 bits per heavy atom. The highest BCUT2D eigenvalue weighted by atomic mass is 16.2. The highest BCUT2D eigenvalue weighted by molar-refractivity contribution is 6.04. The van der Waals surface area contributed by atoms with Crippen molar-refractivity contribution in [2.24, 2.45) is 5.73 Å². The van der Waals surface area contributed by atoms with Crippen LogP contribution in [0.3, 0.4) is 0 Å². The van der Waals surface area contributed by atoms with Crippen molar-refractivity contribution in [1.82, 2.24) is 0 Å². The first-order valence-electron chi connectivity index (χ1n) is 8.65. The van der Waals surface area contributed by atoms with E-state index < -0.39 is 0 Å². The Hall–Kier alpha value is -2.66. The molecule has 0 aliphatic carbocycles. The van der Waals surface area contributed by atoms with E-state index in [4.69, 9.17) is 5.73 Å². The fraction of sp³-hybridized carbons (Fsp3) is 0.300. The lowest BCUT2D eigenvalue weighted by Gasteiger charge is -2.08. The summed E-state index contributed by atoms with van der Waals surface area (Å²) in [7, 11) is 0. The lowest BCUT2D eigenvalue weighted by molar-refractivity contribution is -0.116. The van der Waals surface area contributed by atoms with Crippen molar-refractivity contribution in [3.63, 3.8) is 0 Å². The van der Waals surface area contributed by atoms with Crippen molar-refractivity contribution in [1.29, 1.82) is 0 Å². The summed E-state index contributed by atoms with van der Waals surface area (Å²) >= 11 is 0. The maximum Gasteiger partial charge on any atom is 0.255 e. The third-order valence-corrected chi connectivity index (χ3v) is 3.82. The number of amides is 2. The third-order valence-electron chi connectivity index (χ3n) is 3.82. The zero-order valence-electron chi connectivity index (χ0n) is 14.3. The van der Waals surface area contributed by atoms with E-state index in [0.717, 1.165) is 31.4 Å². The monoisotopic (exact) mass is 339 g/mol. The largest absolute Gasteiger partial charge is 0.330 e. The second-order valence-corrected chi connectivity index (χ2v) is 5.90. The van der Waals surface area contributed by atoms with Gasteiger partial charge in [0.2, 0.25) is 5.91 Å². The topological polar surface area (TPSA) is 84.2 Å². The van der Waals surface area contributed by atoms with Crippen LogP contribution in [0.5, 0.6) is 0 Å². The minimum atomic E-state index is -0.177. The Kier molecular flexibility index (Phi) is 7.66. The quantitative estimate of drug-likeness (QED) is 0.608. The van der Waals surface area contributed by atoms with E-state index in [1.807, 2.05) is 30.3 Å². The van der Waals surface area contributed by atoms with E-state index >= 15 is 0 Å². The van der Waals surface area contributed by atoms with Gasteiger partial charge in [-0.2, -0.15) is 0 Å². The molecule has 0 bridgehead atoms.